The van der Waals surface area contributed by atoms with Crippen LogP contribution in [0.5, 0.6) is 17.2 Å². The van der Waals surface area contributed by atoms with Crippen LogP contribution >= 0.6 is 0 Å². The molecule has 0 unspecified atom stereocenters. The fraction of sp³-hybridized carbons (Fsp3) is 0.304. The molecule has 0 radical (unpaired) electrons. The van der Waals surface area contributed by atoms with Crippen LogP contribution in [-0.2, 0) is 17.6 Å². The second-order valence-electron chi connectivity index (χ2n) is 6.86. The molecule has 0 aromatic heterocycles. The Hall–Kier alpha value is -3.28. The van der Waals surface area contributed by atoms with Gasteiger partial charge in [-0.2, -0.15) is 0 Å². The van der Waals surface area contributed by atoms with Gasteiger partial charge in [-0.15, -0.1) is 0 Å². The van der Waals surface area contributed by atoms with E-state index in [1.54, 1.807) is 24.3 Å². The maximum Gasteiger partial charge on any atom is 0.307 e. The van der Waals surface area contributed by atoms with Crippen LogP contribution in [-0.4, -0.2) is 36.7 Å². The molecule has 29 heavy (non-hydrogen) atoms. The summed E-state index contributed by atoms with van der Waals surface area (Å²) in [6.45, 7) is 4.44. The molecule has 2 aromatic rings. The van der Waals surface area contributed by atoms with Crippen LogP contribution in [0.2, 0.25) is 0 Å². The minimum absolute atomic E-state index is 0.118. The van der Waals surface area contributed by atoms with E-state index in [1.165, 1.54) is 13.2 Å². The molecule has 152 valence electrons. The molecule has 0 saturated carbocycles. The number of aliphatic carboxylic acids is 1. The molecule has 1 aliphatic heterocycles. The number of ketones is 1. The van der Waals surface area contributed by atoms with Crippen LogP contribution in [0.3, 0.4) is 0 Å². The number of carboxylic acid groups (broad SMARTS) is 1. The van der Waals surface area contributed by atoms with E-state index in [2.05, 4.69) is 0 Å². The number of carbonyl (C=O) groups is 2. The molecule has 0 saturated heterocycles. The molecule has 0 bridgehead atoms. The van der Waals surface area contributed by atoms with Gasteiger partial charge in [0, 0.05) is 28.7 Å². The SMILES string of the molecule is CCOc1cc2c(cc1/C=C/C(=O)c1ccc(OC)c(CC(=O)O)c1)O[C@@H](C)C2. The molecule has 6 nitrogen and oxygen atoms in total. The van der Waals surface area contributed by atoms with Crippen molar-refractivity contribution < 1.29 is 28.9 Å². The Morgan fingerprint density at radius 1 is 1.24 bits per heavy atom. The maximum atomic E-state index is 12.7. The first-order valence-electron chi connectivity index (χ1n) is 9.48. The molecular weight excluding hydrogens is 372 g/mol. The monoisotopic (exact) mass is 396 g/mol. The number of methoxy groups -OCH3 is 1. The molecule has 1 aliphatic rings. The fourth-order valence-corrected chi connectivity index (χ4v) is 3.36. The van der Waals surface area contributed by atoms with Crippen LogP contribution in [0, 0.1) is 0 Å². The molecule has 0 spiro atoms. The highest BCUT2D eigenvalue weighted by molar-refractivity contribution is 6.07. The molecule has 3 rings (SSSR count). The lowest BCUT2D eigenvalue weighted by Gasteiger charge is -2.10. The largest absolute Gasteiger partial charge is 0.496 e. The number of ether oxygens (including phenoxy) is 3. The van der Waals surface area contributed by atoms with Gasteiger partial charge in [0.2, 0.25) is 0 Å². The van der Waals surface area contributed by atoms with Gasteiger partial charge in [0.05, 0.1) is 20.1 Å². The predicted octanol–water partition coefficient (Wildman–Crippen LogP) is 3.94. The highest BCUT2D eigenvalue weighted by atomic mass is 16.5. The fourth-order valence-electron chi connectivity index (χ4n) is 3.36. The van der Waals surface area contributed by atoms with Crippen molar-refractivity contribution in [2.24, 2.45) is 0 Å². The van der Waals surface area contributed by atoms with Gasteiger partial charge in [-0.25, -0.2) is 0 Å². The third-order valence-corrected chi connectivity index (χ3v) is 4.65. The van der Waals surface area contributed by atoms with Crippen LogP contribution < -0.4 is 14.2 Å². The topological polar surface area (TPSA) is 82.1 Å². The van der Waals surface area contributed by atoms with Gasteiger partial charge in [-0.05, 0) is 56.3 Å². The van der Waals surface area contributed by atoms with E-state index in [0.717, 1.165) is 23.3 Å². The molecule has 0 fully saturated rings. The Morgan fingerprint density at radius 3 is 2.72 bits per heavy atom. The summed E-state index contributed by atoms with van der Waals surface area (Å²) in [5, 5.41) is 9.06. The van der Waals surface area contributed by atoms with Gasteiger partial charge in [0.1, 0.15) is 23.4 Å². The average Bonchev–Trinajstić information content (AvgIpc) is 3.04. The van der Waals surface area contributed by atoms with Crippen LogP contribution in [0.1, 0.15) is 40.9 Å². The average molecular weight is 396 g/mol. The second-order valence-corrected chi connectivity index (χ2v) is 6.86. The molecular formula is C23H24O6. The van der Waals surface area contributed by atoms with Gasteiger partial charge < -0.3 is 19.3 Å². The Bertz CT molecular complexity index is 960. The number of hydrogen-bond acceptors (Lipinski definition) is 5. The smallest absolute Gasteiger partial charge is 0.307 e. The Labute approximate surface area is 169 Å². The molecule has 1 heterocycles. The van der Waals surface area contributed by atoms with E-state index in [0.29, 0.717) is 29.2 Å². The summed E-state index contributed by atoms with van der Waals surface area (Å²) in [4.78, 5) is 23.7. The normalized spacial score (nSPS) is 15.1. The minimum atomic E-state index is -0.989. The van der Waals surface area contributed by atoms with E-state index in [9.17, 15) is 9.59 Å². The summed E-state index contributed by atoms with van der Waals surface area (Å²) in [7, 11) is 1.47. The summed E-state index contributed by atoms with van der Waals surface area (Å²) in [6.07, 6.45) is 3.88. The minimum Gasteiger partial charge on any atom is -0.496 e. The van der Waals surface area contributed by atoms with Crippen molar-refractivity contribution in [3.8, 4) is 17.2 Å². The van der Waals surface area contributed by atoms with E-state index < -0.39 is 5.97 Å². The molecule has 6 heteroatoms. The van der Waals surface area contributed by atoms with Gasteiger partial charge in [-0.3, -0.25) is 9.59 Å². The van der Waals surface area contributed by atoms with E-state index in [1.807, 2.05) is 26.0 Å². The molecule has 1 N–H and O–H groups in total. The summed E-state index contributed by atoms with van der Waals surface area (Å²) in [5.74, 6) is 0.723. The zero-order valence-corrected chi connectivity index (χ0v) is 16.7. The Kier molecular flexibility index (Phi) is 6.22. The van der Waals surface area contributed by atoms with Crippen molar-refractivity contribution in [1.82, 2.24) is 0 Å². The lowest BCUT2D eigenvalue weighted by atomic mass is 10.0. The van der Waals surface area contributed by atoms with Gasteiger partial charge >= 0.3 is 5.97 Å². The highest BCUT2D eigenvalue weighted by Crippen LogP contribution is 2.35. The lowest BCUT2D eigenvalue weighted by Crippen LogP contribution is -2.05. The van der Waals surface area contributed by atoms with Crippen molar-refractivity contribution >= 4 is 17.8 Å². The number of hydrogen-bond donors (Lipinski definition) is 1. The summed E-state index contributed by atoms with van der Waals surface area (Å²) >= 11 is 0. The molecule has 0 aliphatic carbocycles. The van der Waals surface area contributed by atoms with Gasteiger partial charge in [0.25, 0.3) is 0 Å². The maximum absolute atomic E-state index is 12.7. The number of fused-ring (bicyclic) bond motifs is 1. The number of allylic oxidation sites excluding steroid dienone is 1. The van der Waals surface area contributed by atoms with E-state index in [4.69, 9.17) is 19.3 Å². The first kappa shape index (κ1) is 20.5. The number of carboxylic acids is 1. The summed E-state index contributed by atoms with van der Waals surface area (Å²) in [6, 6.07) is 8.63. The van der Waals surface area contributed by atoms with E-state index in [-0.39, 0.29) is 18.3 Å². The molecule has 0 amide bonds. The predicted molar refractivity (Wildman–Crippen MR) is 109 cm³/mol. The zero-order valence-electron chi connectivity index (χ0n) is 16.7. The number of carbonyl (C=O) groups excluding carboxylic acids is 1. The van der Waals surface area contributed by atoms with Crippen molar-refractivity contribution in [2.75, 3.05) is 13.7 Å². The van der Waals surface area contributed by atoms with Crippen LogP contribution in [0.15, 0.2) is 36.4 Å². The van der Waals surface area contributed by atoms with Crippen molar-refractivity contribution in [2.45, 2.75) is 32.8 Å². The summed E-state index contributed by atoms with van der Waals surface area (Å²) in [5.41, 5.74) is 2.70. The Morgan fingerprint density at radius 2 is 2.03 bits per heavy atom. The lowest BCUT2D eigenvalue weighted by molar-refractivity contribution is -0.136. The highest BCUT2D eigenvalue weighted by Gasteiger charge is 2.21. The van der Waals surface area contributed by atoms with Gasteiger partial charge in [-0.1, -0.05) is 0 Å². The third kappa shape index (κ3) is 4.77. The first-order chi connectivity index (χ1) is 13.9. The second kappa shape index (κ2) is 8.82. The van der Waals surface area contributed by atoms with Crippen molar-refractivity contribution in [3.05, 3.63) is 58.7 Å². The third-order valence-electron chi connectivity index (χ3n) is 4.65. The standard InChI is InChI=1S/C23H24O6/c1-4-28-21-12-17-9-14(2)29-22(17)11-16(21)5-7-19(24)15-6-8-20(27-3)18(10-15)13-23(25)26/h5-8,10-12,14H,4,9,13H2,1-3H3,(H,25,26)/b7-5+/t14-/m0/s1. The zero-order chi connectivity index (χ0) is 21.0. The molecule has 1 atom stereocenters. The first-order valence-corrected chi connectivity index (χ1v) is 9.48. The molecule has 2 aromatic carbocycles. The van der Waals surface area contributed by atoms with Crippen molar-refractivity contribution in [3.63, 3.8) is 0 Å². The van der Waals surface area contributed by atoms with E-state index >= 15 is 0 Å². The van der Waals surface area contributed by atoms with Gasteiger partial charge in [0.15, 0.2) is 5.78 Å². The summed E-state index contributed by atoms with van der Waals surface area (Å²) < 4.78 is 16.7. The quantitative estimate of drug-likeness (QED) is 0.538. The van der Waals surface area contributed by atoms with Crippen molar-refractivity contribution in [1.29, 1.82) is 0 Å². The van der Waals surface area contributed by atoms with Crippen LogP contribution in [0.25, 0.3) is 6.08 Å². The Balaban J connectivity index is 1.87. The number of benzene rings is 2. The number of rotatable bonds is 8. The van der Waals surface area contributed by atoms with Crippen LogP contribution in [0.4, 0.5) is 0 Å².